The Morgan fingerprint density at radius 2 is 1.62 bits per heavy atom. The molecule has 29 heavy (non-hydrogen) atoms. The molecule has 0 aliphatic heterocycles. The molecule has 0 aliphatic carbocycles. The first-order valence-electron chi connectivity index (χ1n) is 9.59. The Bertz CT molecular complexity index is 1210. The molecule has 144 valence electrons. The molecule has 1 aromatic heterocycles. The minimum absolute atomic E-state index is 0.132. The van der Waals surface area contributed by atoms with E-state index in [0.717, 1.165) is 16.6 Å². The van der Waals surface area contributed by atoms with E-state index >= 15 is 0 Å². The van der Waals surface area contributed by atoms with Crippen LogP contribution < -0.4 is 10.9 Å². The maximum Gasteiger partial charge on any atom is 0.277 e. The molecule has 0 aliphatic rings. The average molecular weight is 383 g/mol. The molecule has 0 radical (unpaired) electrons. The minimum atomic E-state index is -0.155. The number of carbonyl (C=O) groups excluding carboxylic acids is 1. The second kappa shape index (κ2) is 8.10. The third-order valence-corrected chi connectivity index (χ3v) is 4.89. The van der Waals surface area contributed by atoms with Gasteiger partial charge in [0.05, 0.1) is 11.0 Å². The highest BCUT2D eigenvalue weighted by Crippen LogP contribution is 2.18. The second-order valence-corrected chi connectivity index (χ2v) is 6.74. The highest BCUT2D eigenvalue weighted by Gasteiger charge is 2.13. The standard InChI is InChI=1S/C24H21N3O2/c1-2-27-21-11-7-6-10-20(21)26-22(24(27)29)18-12-14-19(15-13-18)23(28)25-16-17-8-4-3-5-9-17/h3-15H,2,16H2,1H3,(H,25,28). The zero-order chi connectivity index (χ0) is 20.2. The molecule has 0 spiro atoms. The summed E-state index contributed by atoms with van der Waals surface area (Å²) in [5, 5.41) is 2.91. The Balaban J connectivity index is 1.60. The molecule has 0 unspecified atom stereocenters. The van der Waals surface area contributed by atoms with Crippen molar-refractivity contribution in [3.05, 3.63) is 100 Å². The van der Waals surface area contributed by atoms with Crippen molar-refractivity contribution in [2.45, 2.75) is 20.0 Å². The van der Waals surface area contributed by atoms with Gasteiger partial charge in [0.25, 0.3) is 11.5 Å². The van der Waals surface area contributed by atoms with Crippen LogP contribution in [0.5, 0.6) is 0 Å². The van der Waals surface area contributed by atoms with Crippen molar-refractivity contribution in [2.24, 2.45) is 0 Å². The minimum Gasteiger partial charge on any atom is -0.348 e. The number of hydrogen-bond donors (Lipinski definition) is 1. The molecule has 3 aromatic carbocycles. The fourth-order valence-corrected chi connectivity index (χ4v) is 3.35. The van der Waals surface area contributed by atoms with Crippen LogP contribution in [0.4, 0.5) is 0 Å². The highest BCUT2D eigenvalue weighted by molar-refractivity contribution is 5.94. The molecule has 4 rings (SSSR count). The van der Waals surface area contributed by atoms with E-state index in [9.17, 15) is 9.59 Å². The summed E-state index contributed by atoms with van der Waals surface area (Å²) in [4.78, 5) is 29.9. The summed E-state index contributed by atoms with van der Waals surface area (Å²) in [5.41, 5.74) is 4.13. The molecular weight excluding hydrogens is 362 g/mol. The van der Waals surface area contributed by atoms with Gasteiger partial charge in [0.2, 0.25) is 0 Å². The van der Waals surface area contributed by atoms with E-state index in [1.165, 1.54) is 0 Å². The van der Waals surface area contributed by atoms with Crippen LogP contribution in [0, 0.1) is 0 Å². The fourth-order valence-electron chi connectivity index (χ4n) is 3.35. The van der Waals surface area contributed by atoms with E-state index in [0.29, 0.717) is 29.9 Å². The molecule has 1 N–H and O–H groups in total. The first-order valence-corrected chi connectivity index (χ1v) is 9.59. The predicted molar refractivity (Wildman–Crippen MR) is 115 cm³/mol. The SMILES string of the molecule is CCn1c(=O)c(-c2ccc(C(=O)NCc3ccccc3)cc2)nc2ccccc21. The largest absolute Gasteiger partial charge is 0.348 e. The van der Waals surface area contributed by atoms with Crippen LogP contribution in [0.1, 0.15) is 22.8 Å². The van der Waals surface area contributed by atoms with Crippen molar-refractivity contribution >= 4 is 16.9 Å². The third kappa shape index (κ3) is 3.80. The fraction of sp³-hybridized carbons (Fsp3) is 0.125. The Labute approximate surface area is 168 Å². The molecule has 1 heterocycles. The van der Waals surface area contributed by atoms with Gasteiger partial charge in [-0.25, -0.2) is 4.98 Å². The van der Waals surface area contributed by atoms with Crippen molar-refractivity contribution in [1.82, 2.24) is 14.9 Å². The van der Waals surface area contributed by atoms with E-state index < -0.39 is 0 Å². The van der Waals surface area contributed by atoms with E-state index in [4.69, 9.17) is 0 Å². The molecule has 0 bridgehead atoms. The van der Waals surface area contributed by atoms with Gasteiger partial charge in [0.1, 0.15) is 5.69 Å². The van der Waals surface area contributed by atoms with Gasteiger partial charge in [0.15, 0.2) is 0 Å². The van der Waals surface area contributed by atoms with E-state index in [-0.39, 0.29) is 11.5 Å². The highest BCUT2D eigenvalue weighted by atomic mass is 16.1. The van der Waals surface area contributed by atoms with E-state index in [1.807, 2.05) is 61.5 Å². The van der Waals surface area contributed by atoms with Crippen molar-refractivity contribution < 1.29 is 4.79 Å². The van der Waals surface area contributed by atoms with Gasteiger partial charge in [0, 0.05) is 24.2 Å². The number of hydrogen-bond acceptors (Lipinski definition) is 3. The Kier molecular flexibility index (Phi) is 5.20. The lowest BCUT2D eigenvalue weighted by Gasteiger charge is -2.11. The van der Waals surface area contributed by atoms with Gasteiger partial charge in [-0.05, 0) is 36.8 Å². The molecule has 5 heteroatoms. The number of nitrogens with zero attached hydrogens (tertiary/aromatic N) is 2. The zero-order valence-electron chi connectivity index (χ0n) is 16.1. The van der Waals surface area contributed by atoms with Crippen molar-refractivity contribution in [1.29, 1.82) is 0 Å². The molecule has 1 amide bonds. The van der Waals surface area contributed by atoms with E-state index in [2.05, 4.69) is 10.3 Å². The van der Waals surface area contributed by atoms with Crippen molar-refractivity contribution in [3.63, 3.8) is 0 Å². The first-order chi connectivity index (χ1) is 14.2. The topological polar surface area (TPSA) is 64.0 Å². The van der Waals surface area contributed by atoms with Crippen LogP contribution in [0.2, 0.25) is 0 Å². The Morgan fingerprint density at radius 1 is 0.931 bits per heavy atom. The third-order valence-electron chi connectivity index (χ3n) is 4.89. The summed E-state index contributed by atoms with van der Waals surface area (Å²) in [6, 6.07) is 24.4. The Morgan fingerprint density at radius 3 is 2.34 bits per heavy atom. The van der Waals surface area contributed by atoms with Gasteiger partial charge < -0.3 is 9.88 Å². The first kappa shape index (κ1) is 18.6. The van der Waals surface area contributed by atoms with Gasteiger partial charge in [-0.1, -0.05) is 54.6 Å². The summed E-state index contributed by atoms with van der Waals surface area (Å²) in [7, 11) is 0. The van der Waals surface area contributed by atoms with Crippen molar-refractivity contribution in [3.8, 4) is 11.3 Å². The number of para-hydroxylation sites is 2. The number of nitrogens with one attached hydrogen (secondary N) is 1. The number of fused-ring (bicyclic) bond motifs is 1. The lowest BCUT2D eigenvalue weighted by molar-refractivity contribution is 0.0951. The van der Waals surface area contributed by atoms with Crippen LogP contribution in [0.25, 0.3) is 22.3 Å². The Hall–Kier alpha value is -3.73. The van der Waals surface area contributed by atoms with Crippen LogP contribution in [-0.2, 0) is 13.1 Å². The number of benzene rings is 3. The normalized spacial score (nSPS) is 10.8. The summed E-state index contributed by atoms with van der Waals surface area (Å²) in [6.07, 6.45) is 0. The summed E-state index contributed by atoms with van der Waals surface area (Å²) in [5.74, 6) is -0.155. The van der Waals surface area contributed by atoms with Crippen LogP contribution >= 0.6 is 0 Å². The maximum atomic E-state index is 12.9. The second-order valence-electron chi connectivity index (χ2n) is 6.74. The monoisotopic (exact) mass is 383 g/mol. The number of rotatable bonds is 5. The van der Waals surface area contributed by atoms with Crippen molar-refractivity contribution in [2.75, 3.05) is 0 Å². The zero-order valence-corrected chi connectivity index (χ0v) is 16.1. The lowest BCUT2D eigenvalue weighted by atomic mass is 10.1. The number of aryl methyl sites for hydroxylation is 1. The van der Waals surface area contributed by atoms with Gasteiger partial charge in [-0.3, -0.25) is 9.59 Å². The van der Waals surface area contributed by atoms with Crippen LogP contribution in [-0.4, -0.2) is 15.5 Å². The number of amides is 1. The maximum absolute atomic E-state index is 12.9. The molecule has 4 aromatic rings. The van der Waals surface area contributed by atoms with Crippen LogP contribution in [0.15, 0.2) is 83.7 Å². The van der Waals surface area contributed by atoms with E-state index in [1.54, 1.807) is 28.8 Å². The summed E-state index contributed by atoms with van der Waals surface area (Å²) < 4.78 is 1.72. The van der Waals surface area contributed by atoms with Crippen LogP contribution in [0.3, 0.4) is 0 Å². The smallest absolute Gasteiger partial charge is 0.277 e. The molecule has 5 nitrogen and oxygen atoms in total. The number of carbonyl (C=O) groups is 1. The summed E-state index contributed by atoms with van der Waals surface area (Å²) in [6.45, 7) is 2.97. The quantitative estimate of drug-likeness (QED) is 0.566. The summed E-state index contributed by atoms with van der Waals surface area (Å²) >= 11 is 0. The molecule has 0 atom stereocenters. The molecule has 0 saturated carbocycles. The molecule has 0 saturated heterocycles. The number of aromatic nitrogens is 2. The molecular formula is C24H21N3O2. The van der Waals surface area contributed by atoms with Gasteiger partial charge >= 0.3 is 0 Å². The average Bonchev–Trinajstić information content (AvgIpc) is 2.78. The lowest BCUT2D eigenvalue weighted by Crippen LogP contribution is -2.23. The molecule has 0 fully saturated rings. The van der Waals surface area contributed by atoms with Gasteiger partial charge in [-0.2, -0.15) is 0 Å². The predicted octanol–water partition coefficient (Wildman–Crippen LogP) is 4.01. The van der Waals surface area contributed by atoms with Gasteiger partial charge in [-0.15, -0.1) is 0 Å².